The number of nitrogens with one attached hydrogen (secondary N) is 1. The molecule has 0 spiro atoms. The van der Waals surface area contributed by atoms with E-state index < -0.39 is 11.8 Å². The molecule has 0 radical (unpaired) electrons. The summed E-state index contributed by atoms with van der Waals surface area (Å²) in [5.74, 6) is -0.962. The van der Waals surface area contributed by atoms with E-state index in [1.165, 1.54) is 48.5 Å². The van der Waals surface area contributed by atoms with Crippen molar-refractivity contribution in [3.63, 3.8) is 0 Å². The minimum Gasteiger partial charge on any atom is -0.482 e. The highest BCUT2D eigenvalue weighted by molar-refractivity contribution is 6.09. The molecule has 0 aliphatic heterocycles. The van der Waals surface area contributed by atoms with Crippen molar-refractivity contribution >= 4 is 23.3 Å². The number of ether oxygens (including phenoxy) is 2. The standard InChI is InChI=1S/C28H20FNO5/c29-22-13-9-19(10-14-22)27(32)20-11-15-24(16-12-20)35-26(31)18-34-25-8-4-7-23(17-25)30-28(33)21-5-2-1-3-6-21/h1-17H,18H2,(H,30,33). The number of benzene rings is 4. The van der Waals surface area contributed by atoms with Crippen molar-refractivity contribution < 1.29 is 28.2 Å². The van der Waals surface area contributed by atoms with Crippen LogP contribution >= 0.6 is 0 Å². The highest BCUT2D eigenvalue weighted by atomic mass is 19.1. The van der Waals surface area contributed by atoms with Gasteiger partial charge in [-0.3, -0.25) is 9.59 Å². The lowest BCUT2D eigenvalue weighted by Gasteiger charge is -2.10. The number of hydrogen-bond donors (Lipinski definition) is 1. The first-order valence-electron chi connectivity index (χ1n) is 10.7. The van der Waals surface area contributed by atoms with Crippen molar-refractivity contribution in [1.29, 1.82) is 0 Å². The van der Waals surface area contributed by atoms with Crippen molar-refractivity contribution in [1.82, 2.24) is 0 Å². The van der Waals surface area contributed by atoms with Gasteiger partial charge in [-0.1, -0.05) is 24.3 Å². The first kappa shape index (κ1) is 23.4. The number of hydrogen-bond acceptors (Lipinski definition) is 5. The van der Waals surface area contributed by atoms with Crippen LogP contribution in [0.15, 0.2) is 103 Å². The quantitative estimate of drug-likeness (QED) is 0.215. The van der Waals surface area contributed by atoms with E-state index in [4.69, 9.17) is 9.47 Å². The normalized spacial score (nSPS) is 10.3. The molecule has 1 N–H and O–H groups in total. The molecule has 0 fully saturated rings. The zero-order chi connectivity index (χ0) is 24.6. The lowest BCUT2D eigenvalue weighted by molar-refractivity contribution is -0.136. The topological polar surface area (TPSA) is 81.7 Å². The number of amides is 1. The number of esters is 1. The summed E-state index contributed by atoms with van der Waals surface area (Å²) in [5, 5.41) is 2.77. The Morgan fingerprint density at radius 2 is 1.34 bits per heavy atom. The van der Waals surface area contributed by atoms with E-state index in [9.17, 15) is 18.8 Å². The van der Waals surface area contributed by atoms with Crippen LogP contribution in [0.2, 0.25) is 0 Å². The fourth-order valence-corrected chi connectivity index (χ4v) is 3.20. The molecule has 0 aliphatic rings. The van der Waals surface area contributed by atoms with Crippen molar-refractivity contribution in [2.75, 3.05) is 11.9 Å². The Labute approximate surface area is 200 Å². The summed E-state index contributed by atoms with van der Waals surface area (Å²) in [6, 6.07) is 26.7. The molecule has 4 rings (SSSR count). The summed E-state index contributed by atoms with van der Waals surface area (Å²) in [5.41, 5.74) is 1.77. The average Bonchev–Trinajstić information content (AvgIpc) is 2.89. The summed E-state index contributed by atoms with van der Waals surface area (Å²) < 4.78 is 23.8. The van der Waals surface area contributed by atoms with Gasteiger partial charge < -0.3 is 14.8 Å². The van der Waals surface area contributed by atoms with Gasteiger partial charge in [0.05, 0.1) is 0 Å². The van der Waals surface area contributed by atoms with Gasteiger partial charge in [-0.2, -0.15) is 0 Å². The molecule has 4 aromatic carbocycles. The molecule has 0 saturated carbocycles. The van der Waals surface area contributed by atoms with Crippen LogP contribution < -0.4 is 14.8 Å². The lowest BCUT2D eigenvalue weighted by atomic mass is 10.0. The maximum absolute atomic E-state index is 13.0. The second-order valence-electron chi connectivity index (χ2n) is 7.47. The molecular formula is C28H20FNO5. The van der Waals surface area contributed by atoms with Crippen LogP contribution in [-0.2, 0) is 4.79 Å². The van der Waals surface area contributed by atoms with Gasteiger partial charge in [0, 0.05) is 28.4 Å². The van der Waals surface area contributed by atoms with Gasteiger partial charge in [0.1, 0.15) is 17.3 Å². The molecule has 6 nitrogen and oxygen atoms in total. The van der Waals surface area contributed by atoms with Crippen LogP contribution in [0.3, 0.4) is 0 Å². The molecular weight excluding hydrogens is 449 g/mol. The molecule has 0 unspecified atom stereocenters. The molecule has 174 valence electrons. The highest BCUT2D eigenvalue weighted by Crippen LogP contribution is 2.19. The summed E-state index contributed by atoms with van der Waals surface area (Å²) in [6.07, 6.45) is 0. The first-order valence-corrected chi connectivity index (χ1v) is 10.7. The van der Waals surface area contributed by atoms with E-state index in [2.05, 4.69) is 5.32 Å². The third-order valence-electron chi connectivity index (χ3n) is 4.94. The maximum atomic E-state index is 13.0. The number of carbonyl (C=O) groups excluding carboxylic acids is 3. The van der Waals surface area contributed by atoms with E-state index in [1.54, 1.807) is 48.5 Å². The van der Waals surface area contributed by atoms with Gasteiger partial charge in [0.15, 0.2) is 12.4 Å². The van der Waals surface area contributed by atoms with E-state index in [0.29, 0.717) is 28.1 Å². The Morgan fingerprint density at radius 3 is 2.03 bits per heavy atom. The van der Waals surface area contributed by atoms with E-state index in [1.807, 2.05) is 6.07 Å². The lowest BCUT2D eigenvalue weighted by Crippen LogP contribution is -2.18. The van der Waals surface area contributed by atoms with Gasteiger partial charge in [-0.05, 0) is 72.8 Å². The van der Waals surface area contributed by atoms with Gasteiger partial charge in [0.2, 0.25) is 0 Å². The minimum atomic E-state index is -0.638. The van der Waals surface area contributed by atoms with Crippen LogP contribution in [0.25, 0.3) is 0 Å². The molecule has 0 aromatic heterocycles. The number of carbonyl (C=O) groups is 3. The molecule has 7 heteroatoms. The van der Waals surface area contributed by atoms with Crippen LogP contribution in [0.1, 0.15) is 26.3 Å². The summed E-state index contributed by atoms with van der Waals surface area (Å²) in [4.78, 5) is 36.9. The average molecular weight is 469 g/mol. The Balaban J connectivity index is 1.30. The van der Waals surface area contributed by atoms with Crippen LogP contribution in [0.4, 0.5) is 10.1 Å². The van der Waals surface area contributed by atoms with Gasteiger partial charge in [-0.25, -0.2) is 9.18 Å². The first-order chi connectivity index (χ1) is 17.0. The fourth-order valence-electron chi connectivity index (χ4n) is 3.20. The molecule has 0 atom stereocenters. The zero-order valence-electron chi connectivity index (χ0n) is 18.4. The summed E-state index contributed by atoms with van der Waals surface area (Å²) >= 11 is 0. The number of anilines is 1. The highest BCUT2D eigenvalue weighted by Gasteiger charge is 2.12. The molecule has 4 aromatic rings. The van der Waals surface area contributed by atoms with Crippen molar-refractivity contribution in [3.8, 4) is 11.5 Å². The second-order valence-corrected chi connectivity index (χ2v) is 7.47. The summed E-state index contributed by atoms with van der Waals surface area (Å²) in [7, 11) is 0. The third kappa shape index (κ3) is 6.39. The molecule has 35 heavy (non-hydrogen) atoms. The Morgan fingerprint density at radius 1 is 0.686 bits per heavy atom. The van der Waals surface area contributed by atoms with Crippen LogP contribution in [0.5, 0.6) is 11.5 Å². The number of ketones is 1. The predicted octanol–water partition coefficient (Wildman–Crippen LogP) is 5.29. The maximum Gasteiger partial charge on any atom is 0.349 e. The monoisotopic (exact) mass is 469 g/mol. The minimum absolute atomic E-state index is 0.248. The molecule has 0 aliphatic carbocycles. The van der Waals surface area contributed by atoms with E-state index in [0.717, 1.165) is 0 Å². The Bertz CT molecular complexity index is 1340. The zero-order valence-corrected chi connectivity index (χ0v) is 18.4. The SMILES string of the molecule is O=C(COc1cccc(NC(=O)c2ccccc2)c1)Oc1ccc(C(=O)c2ccc(F)cc2)cc1. The van der Waals surface area contributed by atoms with Crippen LogP contribution in [0, 0.1) is 5.82 Å². The molecule has 0 heterocycles. The molecule has 1 amide bonds. The van der Waals surface area contributed by atoms with Crippen molar-refractivity contribution in [2.24, 2.45) is 0 Å². The van der Waals surface area contributed by atoms with E-state index in [-0.39, 0.29) is 24.0 Å². The number of halogens is 1. The van der Waals surface area contributed by atoms with Gasteiger partial charge in [-0.15, -0.1) is 0 Å². The Kier molecular flexibility index (Phi) is 7.28. The molecule has 0 saturated heterocycles. The summed E-state index contributed by atoms with van der Waals surface area (Å²) in [6.45, 7) is -0.355. The van der Waals surface area contributed by atoms with Gasteiger partial charge in [0.25, 0.3) is 5.91 Å². The fraction of sp³-hybridized carbons (Fsp3) is 0.0357. The van der Waals surface area contributed by atoms with Crippen molar-refractivity contribution in [2.45, 2.75) is 0 Å². The van der Waals surface area contributed by atoms with E-state index >= 15 is 0 Å². The number of rotatable bonds is 8. The van der Waals surface area contributed by atoms with Crippen molar-refractivity contribution in [3.05, 3.63) is 126 Å². The predicted molar refractivity (Wildman–Crippen MR) is 128 cm³/mol. The second kappa shape index (κ2) is 10.9. The molecule has 0 bridgehead atoms. The van der Waals surface area contributed by atoms with Gasteiger partial charge >= 0.3 is 5.97 Å². The smallest absolute Gasteiger partial charge is 0.349 e. The van der Waals surface area contributed by atoms with Crippen LogP contribution in [-0.4, -0.2) is 24.3 Å². The third-order valence-corrected chi connectivity index (χ3v) is 4.94. The Hall–Kier alpha value is -4.78. The largest absolute Gasteiger partial charge is 0.482 e.